The van der Waals surface area contributed by atoms with Gasteiger partial charge in [-0.15, -0.1) is 0 Å². The van der Waals surface area contributed by atoms with Gasteiger partial charge in [-0.25, -0.2) is 0 Å². The van der Waals surface area contributed by atoms with Crippen molar-refractivity contribution in [2.24, 2.45) is 0 Å². The Morgan fingerprint density at radius 2 is 1.64 bits per heavy atom. The van der Waals surface area contributed by atoms with Crippen LogP contribution in [0.25, 0.3) is 0 Å². The molecular formula is C12H26O2. The molecule has 0 radical (unpaired) electrons. The van der Waals surface area contributed by atoms with Crippen molar-refractivity contribution in [1.82, 2.24) is 0 Å². The molecule has 2 nitrogen and oxygen atoms in total. The number of aliphatic hydroxyl groups is 1. The van der Waals surface area contributed by atoms with Gasteiger partial charge < -0.3 is 9.84 Å². The minimum Gasteiger partial charge on any atom is -0.393 e. The summed E-state index contributed by atoms with van der Waals surface area (Å²) in [4.78, 5) is 0. The molecule has 86 valence electrons. The van der Waals surface area contributed by atoms with E-state index in [0.717, 1.165) is 25.9 Å². The highest BCUT2D eigenvalue weighted by Crippen LogP contribution is 2.10. The van der Waals surface area contributed by atoms with E-state index < -0.39 is 0 Å². The van der Waals surface area contributed by atoms with Crippen molar-refractivity contribution >= 4 is 0 Å². The molecule has 1 unspecified atom stereocenters. The Morgan fingerprint density at radius 1 is 1.00 bits per heavy atom. The lowest BCUT2D eigenvalue weighted by atomic mass is 10.1. The Hall–Kier alpha value is -0.0800. The predicted molar refractivity (Wildman–Crippen MR) is 60.5 cm³/mol. The number of unbranched alkanes of at least 4 members (excludes halogenated alkanes) is 4. The summed E-state index contributed by atoms with van der Waals surface area (Å²) in [5.41, 5.74) is 0. The van der Waals surface area contributed by atoms with E-state index in [1.54, 1.807) is 7.11 Å². The van der Waals surface area contributed by atoms with Gasteiger partial charge in [0.15, 0.2) is 0 Å². The average Bonchev–Trinajstić information content (AvgIpc) is 2.18. The Labute approximate surface area is 88.7 Å². The third-order valence-corrected chi connectivity index (χ3v) is 2.53. The number of hydrogen-bond acceptors (Lipinski definition) is 2. The van der Waals surface area contributed by atoms with Crippen LogP contribution in [0.15, 0.2) is 0 Å². The van der Waals surface area contributed by atoms with Gasteiger partial charge in [0.2, 0.25) is 0 Å². The zero-order chi connectivity index (χ0) is 10.6. The lowest BCUT2D eigenvalue weighted by molar-refractivity contribution is 0.126. The van der Waals surface area contributed by atoms with E-state index in [0.29, 0.717) is 0 Å². The number of hydrogen-bond donors (Lipinski definition) is 1. The first-order valence-corrected chi connectivity index (χ1v) is 5.98. The van der Waals surface area contributed by atoms with Crippen LogP contribution in [0.2, 0.25) is 0 Å². The molecule has 0 aliphatic heterocycles. The summed E-state index contributed by atoms with van der Waals surface area (Å²) >= 11 is 0. The molecule has 0 aromatic carbocycles. The van der Waals surface area contributed by atoms with E-state index >= 15 is 0 Å². The highest BCUT2D eigenvalue weighted by molar-refractivity contribution is 4.56. The van der Waals surface area contributed by atoms with Gasteiger partial charge in [-0.05, 0) is 19.3 Å². The number of rotatable bonds is 10. The maximum atomic E-state index is 9.58. The van der Waals surface area contributed by atoms with Crippen molar-refractivity contribution in [3.63, 3.8) is 0 Å². The molecule has 0 rings (SSSR count). The van der Waals surface area contributed by atoms with E-state index in [4.69, 9.17) is 4.74 Å². The predicted octanol–water partition coefficient (Wildman–Crippen LogP) is 3.13. The molecule has 0 saturated heterocycles. The van der Waals surface area contributed by atoms with E-state index in [1.807, 2.05) is 0 Å². The zero-order valence-electron chi connectivity index (χ0n) is 9.80. The average molecular weight is 202 g/mol. The fraction of sp³-hybridized carbons (Fsp3) is 1.00. The first-order valence-electron chi connectivity index (χ1n) is 5.98. The number of methoxy groups -OCH3 is 1. The van der Waals surface area contributed by atoms with E-state index in [9.17, 15) is 5.11 Å². The Kier molecular flexibility index (Phi) is 10.9. The molecule has 0 heterocycles. The molecule has 0 aliphatic carbocycles. The highest BCUT2D eigenvalue weighted by atomic mass is 16.5. The van der Waals surface area contributed by atoms with Gasteiger partial charge >= 0.3 is 0 Å². The lowest BCUT2D eigenvalue weighted by Gasteiger charge is -2.09. The Morgan fingerprint density at radius 3 is 2.29 bits per heavy atom. The van der Waals surface area contributed by atoms with Crippen LogP contribution in [-0.4, -0.2) is 24.9 Å². The van der Waals surface area contributed by atoms with Crippen molar-refractivity contribution in [3.05, 3.63) is 0 Å². The smallest absolute Gasteiger partial charge is 0.0541 e. The molecule has 0 aromatic rings. The molecule has 0 spiro atoms. The quantitative estimate of drug-likeness (QED) is 0.551. The van der Waals surface area contributed by atoms with Crippen LogP contribution in [0.3, 0.4) is 0 Å². The van der Waals surface area contributed by atoms with Crippen LogP contribution in [0, 0.1) is 0 Å². The zero-order valence-corrected chi connectivity index (χ0v) is 9.80. The summed E-state index contributed by atoms with van der Waals surface area (Å²) in [7, 11) is 1.71. The lowest BCUT2D eigenvalue weighted by Crippen LogP contribution is -2.07. The van der Waals surface area contributed by atoms with Gasteiger partial charge in [-0.2, -0.15) is 0 Å². The van der Waals surface area contributed by atoms with Gasteiger partial charge in [-0.3, -0.25) is 0 Å². The van der Waals surface area contributed by atoms with Crippen LogP contribution < -0.4 is 0 Å². The molecule has 0 amide bonds. The molecule has 0 saturated carbocycles. The first kappa shape index (κ1) is 13.9. The van der Waals surface area contributed by atoms with Crippen LogP contribution in [-0.2, 0) is 4.74 Å². The Balaban J connectivity index is 3.06. The van der Waals surface area contributed by atoms with Crippen LogP contribution in [0.5, 0.6) is 0 Å². The topological polar surface area (TPSA) is 29.5 Å². The van der Waals surface area contributed by atoms with Crippen molar-refractivity contribution in [3.8, 4) is 0 Å². The van der Waals surface area contributed by atoms with Gasteiger partial charge in [-0.1, -0.05) is 39.0 Å². The minimum absolute atomic E-state index is 0.105. The first-order chi connectivity index (χ1) is 6.81. The summed E-state index contributed by atoms with van der Waals surface area (Å²) in [5, 5.41) is 9.58. The second-order valence-electron chi connectivity index (χ2n) is 3.99. The minimum atomic E-state index is -0.105. The normalized spacial score (nSPS) is 13.1. The monoisotopic (exact) mass is 202 g/mol. The fourth-order valence-corrected chi connectivity index (χ4v) is 1.59. The molecule has 1 atom stereocenters. The molecule has 0 aliphatic rings. The second-order valence-corrected chi connectivity index (χ2v) is 3.99. The van der Waals surface area contributed by atoms with Crippen molar-refractivity contribution in [1.29, 1.82) is 0 Å². The molecule has 0 fully saturated rings. The van der Waals surface area contributed by atoms with Crippen LogP contribution >= 0.6 is 0 Å². The van der Waals surface area contributed by atoms with E-state index in [1.165, 1.54) is 32.1 Å². The molecule has 0 bridgehead atoms. The standard InChI is InChI=1S/C12H26O2/c1-3-4-5-6-7-9-12(13)10-8-11-14-2/h12-13H,3-11H2,1-2H3. The van der Waals surface area contributed by atoms with Gasteiger partial charge in [0.1, 0.15) is 0 Å². The van der Waals surface area contributed by atoms with Gasteiger partial charge in [0.05, 0.1) is 6.10 Å². The maximum absolute atomic E-state index is 9.58. The molecule has 1 N–H and O–H groups in total. The molecule has 2 heteroatoms. The van der Waals surface area contributed by atoms with Crippen molar-refractivity contribution in [2.45, 2.75) is 64.4 Å². The molecule has 14 heavy (non-hydrogen) atoms. The highest BCUT2D eigenvalue weighted by Gasteiger charge is 2.02. The summed E-state index contributed by atoms with van der Waals surface area (Å²) in [5.74, 6) is 0. The van der Waals surface area contributed by atoms with E-state index in [2.05, 4.69) is 6.92 Å². The molecule has 0 aromatic heterocycles. The van der Waals surface area contributed by atoms with Gasteiger partial charge in [0, 0.05) is 13.7 Å². The summed E-state index contributed by atoms with van der Waals surface area (Å²) < 4.78 is 4.94. The SMILES string of the molecule is CCCCCCCC(O)CCCOC. The second kappa shape index (κ2) is 11.0. The van der Waals surface area contributed by atoms with Crippen LogP contribution in [0.1, 0.15) is 58.3 Å². The maximum Gasteiger partial charge on any atom is 0.0541 e. The van der Waals surface area contributed by atoms with Crippen LogP contribution in [0.4, 0.5) is 0 Å². The largest absolute Gasteiger partial charge is 0.393 e. The number of ether oxygens (including phenoxy) is 1. The number of aliphatic hydroxyl groups excluding tert-OH is 1. The molecular weight excluding hydrogens is 176 g/mol. The third-order valence-electron chi connectivity index (χ3n) is 2.53. The van der Waals surface area contributed by atoms with E-state index in [-0.39, 0.29) is 6.10 Å². The summed E-state index contributed by atoms with van der Waals surface area (Å²) in [6, 6.07) is 0. The van der Waals surface area contributed by atoms with Crippen molar-refractivity contribution < 1.29 is 9.84 Å². The fourth-order valence-electron chi connectivity index (χ4n) is 1.59. The van der Waals surface area contributed by atoms with Gasteiger partial charge in [0.25, 0.3) is 0 Å². The van der Waals surface area contributed by atoms with Crippen molar-refractivity contribution in [2.75, 3.05) is 13.7 Å². The Bertz CT molecular complexity index is 104. The summed E-state index contributed by atoms with van der Waals surface area (Å²) in [6.07, 6.45) is 9.12. The summed E-state index contributed by atoms with van der Waals surface area (Å²) in [6.45, 7) is 2.99. The third kappa shape index (κ3) is 10.0.